The lowest BCUT2D eigenvalue weighted by molar-refractivity contribution is 0.0687. The van der Waals surface area contributed by atoms with Crippen molar-refractivity contribution in [2.45, 2.75) is 25.4 Å². The zero-order valence-electron chi connectivity index (χ0n) is 20.7. The molecule has 4 rings (SSSR count). The highest BCUT2D eigenvalue weighted by Crippen LogP contribution is 2.29. The van der Waals surface area contributed by atoms with Crippen LogP contribution in [0.1, 0.15) is 41.5 Å². The van der Waals surface area contributed by atoms with Crippen molar-refractivity contribution in [2.24, 2.45) is 0 Å². The number of hydrogen-bond donors (Lipinski definition) is 3. The molecule has 0 aliphatic heterocycles. The van der Waals surface area contributed by atoms with E-state index in [0.717, 1.165) is 27.8 Å². The average Bonchev–Trinajstić information content (AvgIpc) is 2.89. The lowest BCUT2D eigenvalue weighted by Crippen LogP contribution is -2.19. The Balaban J connectivity index is 1.58. The molecule has 1 aromatic carbocycles. The van der Waals surface area contributed by atoms with Crippen LogP contribution < -0.4 is 10.6 Å². The summed E-state index contributed by atoms with van der Waals surface area (Å²) in [6.45, 7) is 3.91. The van der Waals surface area contributed by atoms with Crippen molar-refractivity contribution < 1.29 is 9.90 Å². The molecule has 3 heterocycles. The van der Waals surface area contributed by atoms with Crippen molar-refractivity contribution in [3.05, 3.63) is 72.2 Å². The molecule has 1 atom stereocenters. The minimum Gasteiger partial charge on any atom is -0.382 e. The number of fused-ring (bicyclic) bond motifs is 1. The summed E-state index contributed by atoms with van der Waals surface area (Å²) in [5.41, 5.74) is 2.81. The Kier molecular flexibility index (Phi) is 7.76. The van der Waals surface area contributed by atoms with Crippen molar-refractivity contribution in [2.75, 3.05) is 30.9 Å². The van der Waals surface area contributed by atoms with Gasteiger partial charge in [0, 0.05) is 60.9 Å². The van der Waals surface area contributed by atoms with Crippen LogP contribution in [-0.2, 0) is 5.60 Å². The van der Waals surface area contributed by atoms with E-state index in [1.165, 1.54) is 6.33 Å². The molecular formula is C26H29N7O2S. The molecule has 36 heavy (non-hydrogen) atoms. The van der Waals surface area contributed by atoms with Gasteiger partial charge < -0.3 is 15.7 Å². The molecule has 0 bridgehead atoms. The largest absolute Gasteiger partial charge is 0.382 e. The topological polar surface area (TPSA) is 126 Å². The minimum atomic E-state index is -1.11. The van der Waals surface area contributed by atoms with Gasteiger partial charge in [0.15, 0.2) is 5.82 Å². The fraction of sp³-hybridized carbons (Fsp3) is 0.308. The molecule has 1 unspecified atom stereocenters. The second kappa shape index (κ2) is 11.0. The fourth-order valence-corrected chi connectivity index (χ4v) is 4.64. The molecule has 3 aromatic heterocycles. The molecule has 3 N–H and O–H groups in total. The van der Waals surface area contributed by atoms with Gasteiger partial charge in [-0.2, -0.15) is 11.8 Å². The van der Waals surface area contributed by atoms with Crippen LogP contribution in [0.4, 0.5) is 5.82 Å². The van der Waals surface area contributed by atoms with Crippen LogP contribution in [-0.4, -0.2) is 61.5 Å². The number of rotatable bonds is 9. The monoisotopic (exact) mass is 503 g/mol. The summed E-state index contributed by atoms with van der Waals surface area (Å²) in [5.74, 6) is 1.89. The van der Waals surface area contributed by atoms with E-state index < -0.39 is 5.60 Å². The molecule has 0 aliphatic carbocycles. The first-order valence-corrected chi connectivity index (χ1v) is 12.9. The van der Waals surface area contributed by atoms with E-state index in [4.69, 9.17) is 0 Å². The normalized spacial score (nSPS) is 12.4. The zero-order valence-corrected chi connectivity index (χ0v) is 21.5. The van der Waals surface area contributed by atoms with Gasteiger partial charge in [-0.05, 0) is 31.7 Å². The summed E-state index contributed by atoms with van der Waals surface area (Å²) in [6, 6.07) is 9.57. The van der Waals surface area contributed by atoms with E-state index in [1.807, 2.05) is 18.2 Å². The molecule has 0 fully saturated rings. The number of benzene rings is 1. The molecule has 1 amide bonds. The van der Waals surface area contributed by atoms with E-state index in [2.05, 4.69) is 47.9 Å². The highest BCUT2D eigenvalue weighted by Gasteiger charge is 2.20. The van der Waals surface area contributed by atoms with Crippen molar-refractivity contribution in [1.82, 2.24) is 30.2 Å². The first-order valence-electron chi connectivity index (χ1n) is 11.5. The first kappa shape index (κ1) is 25.5. The van der Waals surface area contributed by atoms with E-state index >= 15 is 0 Å². The summed E-state index contributed by atoms with van der Waals surface area (Å²) in [6.07, 6.45) is 8.55. The molecule has 186 valence electrons. The maximum Gasteiger partial charge on any atom is 0.251 e. The van der Waals surface area contributed by atoms with Gasteiger partial charge in [0.05, 0.1) is 16.8 Å². The van der Waals surface area contributed by atoms with Gasteiger partial charge >= 0.3 is 0 Å². The third-order valence-corrected chi connectivity index (χ3v) is 6.51. The average molecular weight is 504 g/mol. The Morgan fingerprint density at radius 2 is 1.89 bits per heavy atom. The van der Waals surface area contributed by atoms with Gasteiger partial charge in [0.1, 0.15) is 17.7 Å². The molecule has 0 radical (unpaired) electrons. The number of amides is 1. The van der Waals surface area contributed by atoms with Crippen molar-refractivity contribution in [3.63, 3.8) is 0 Å². The fourth-order valence-electron chi connectivity index (χ4n) is 3.94. The third-order valence-electron chi connectivity index (χ3n) is 5.77. The van der Waals surface area contributed by atoms with Crippen LogP contribution in [0.5, 0.6) is 0 Å². The maximum absolute atomic E-state index is 12.4. The second-order valence-electron chi connectivity index (χ2n) is 8.86. The number of aromatic nitrogens is 5. The molecule has 9 nitrogen and oxygen atoms in total. The lowest BCUT2D eigenvalue weighted by Gasteiger charge is -2.20. The third kappa shape index (κ3) is 5.60. The molecule has 0 aliphatic rings. The number of aliphatic hydroxyl groups is 1. The Hall–Kier alpha value is -3.63. The van der Waals surface area contributed by atoms with Crippen molar-refractivity contribution in [3.8, 4) is 11.3 Å². The van der Waals surface area contributed by atoms with E-state index in [0.29, 0.717) is 29.4 Å². The number of anilines is 1. The van der Waals surface area contributed by atoms with Crippen LogP contribution in [0, 0.1) is 0 Å². The van der Waals surface area contributed by atoms with E-state index in [1.54, 1.807) is 57.3 Å². The zero-order chi connectivity index (χ0) is 25.7. The van der Waals surface area contributed by atoms with Gasteiger partial charge in [-0.15, -0.1) is 0 Å². The number of carbonyl (C=O) groups is 1. The summed E-state index contributed by atoms with van der Waals surface area (Å²) in [7, 11) is 1.63. The predicted molar refractivity (Wildman–Crippen MR) is 143 cm³/mol. The van der Waals surface area contributed by atoms with E-state index in [-0.39, 0.29) is 11.8 Å². The number of para-hydroxylation sites is 1. The van der Waals surface area contributed by atoms with Gasteiger partial charge in [-0.3, -0.25) is 9.78 Å². The molecule has 0 saturated heterocycles. The summed E-state index contributed by atoms with van der Waals surface area (Å²) < 4.78 is 0. The molecular weight excluding hydrogens is 474 g/mol. The first-order chi connectivity index (χ1) is 17.3. The number of hydrogen-bond acceptors (Lipinski definition) is 9. The molecule has 10 heteroatoms. The van der Waals surface area contributed by atoms with E-state index in [9.17, 15) is 9.90 Å². The standard InChI is InChI=1S/C26H29N7O2S/c1-26(2,35)25-30-11-16(12-31-25)21-10-22(33-15-32-21)29-13-17(14-36-4)18-6-5-7-19-20(24(34)27-3)8-9-28-23(18)19/h5-12,15,17,35H,13-14H2,1-4H3,(H,27,34)(H,29,32,33). The number of thioether (sulfide) groups is 1. The minimum absolute atomic E-state index is 0.129. The second-order valence-corrected chi connectivity index (χ2v) is 9.77. The lowest BCUT2D eigenvalue weighted by atomic mass is 9.95. The quantitative estimate of drug-likeness (QED) is 0.314. The molecule has 4 aromatic rings. The van der Waals surface area contributed by atoms with Gasteiger partial charge in [0.25, 0.3) is 5.91 Å². The summed E-state index contributed by atoms with van der Waals surface area (Å²) in [4.78, 5) is 34.3. The number of carbonyl (C=O) groups excluding carboxylic acids is 1. The van der Waals surface area contributed by atoms with Crippen LogP contribution in [0.15, 0.2) is 55.2 Å². The number of nitrogens with zero attached hydrogens (tertiary/aromatic N) is 5. The predicted octanol–water partition coefficient (Wildman–Crippen LogP) is 3.63. The molecule has 0 spiro atoms. The van der Waals surface area contributed by atoms with Crippen LogP contribution in [0.3, 0.4) is 0 Å². The van der Waals surface area contributed by atoms with Crippen LogP contribution in [0.2, 0.25) is 0 Å². The van der Waals surface area contributed by atoms with Gasteiger partial charge in [0.2, 0.25) is 0 Å². The number of pyridine rings is 1. The Morgan fingerprint density at radius 1 is 1.11 bits per heavy atom. The SMILES string of the molecule is CNC(=O)c1ccnc2c(C(CNc3cc(-c4cnc(C(C)(C)O)nc4)ncn3)CSC)cccc12. The molecule has 0 saturated carbocycles. The Morgan fingerprint density at radius 3 is 2.58 bits per heavy atom. The highest BCUT2D eigenvalue weighted by molar-refractivity contribution is 7.98. The maximum atomic E-state index is 12.4. The smallest absolute Gasteiger partial charge is 0.251 e. The Labute approximate surface area is 214 Å². The van der Waals surface area contributed by atoms with Crippen LogP contribution in [0.25, 0.3) is 22.2 Å². The van der Waals surface area contributed by atoms with Crippen molar-refractivity contribution in [1.29, 1.82) is 0 Å². The summed E-state index contributed by atoms with van der Waals surface area (Å²) in [5, 5.41) is 17.1. The Bertz CT molecular complexity index is 1360. The van der Waals surface area contributed by atoms with Gasteiger partial charge in [-0.25, -0.2) is 19.9 Å². The highest BCUT2D eigenvalue weighted by atomic mass is 32.2. The van der Waals surface area contributed by atoms with Crippen LogP contribution >= 0.6 is 11.8 Å². The summed E-state index contributed by atoms with van der Waals surface area (Å²) >= 11 is 1.75. The van der Waals surface area contributed by atoms with Gasteiger partial charge in [-0.1, -0.05) is 18.2 Å². The number of nitrogens with one attached hydrogen (secondary N) is 2. The van der Waals surface area contributed by atoms with Crippen molar-refractivity contribution >= 4 is 34.4 Å².